The summed E-state index contributed by atoms with van der Waals surface area (Å²) in [5.41, 5.74) is 0.624. The van der Waals surface area contributed by atoms with Crippen LogP contribution in [0.2, 0.25) is 5.02 Å². The minimum Gasteiger partial charge on any atom is -0.479 e. The average Bonchev–Trinajstić information content (AvgIpc) is 2.58. The number of aromatic nitrogens is 2. The lowest BCUT2D eigenvalue weighted by Gasteiger charge is -2.15. The van der Waals surface area contributed by atoms with E-state index < -0.39 is 6.10 Å². The fraction of sp³-hybridized carbons (Fsp3) is 0.353. The maximum atomic E-state index is 12.1. The zero-order valence-electron chi connectivity index (χ0n) is 13.7. The third-order valence-electron chi connectivity index (χ3n) is 3.46. The summed E-state index contributed by atoms with van der Waals surface area (Å²) in [7, 11) is 0. The Morgan fingerprint density at radius 2 is 2.17 bits per heavy atom. The van der Waals surface area contributed by atoms with Crippen molar-refractivity contribution in [3.8, 4) is 5.75 Å². The summed E-state index contributed by atoms with van der Waals surface area (Å²) in [6, 6.07) is 8.47. The number of ether oxygens (including phenoxy) is 1. The van der Waals surface area contributed by atoms with Gasteiger partial charge >= 0.3 is 0 Å². The molecule has 1 N–H and O–H groups in total. The van der Waals surface area contributed by atoms with Gasteiger partial charge in [-0.1, -0.05) is 30.7 Å². The fourth-order valence-electron chi connectivity index (χ4n) is 2.05. The molecule has 1 atom stereocenters. The summed E-state index contributed by atoms with van der Waals surface area (Å²) < 4.78 is 7.00. The van der Waals surface area contributed by atoms with Crippen molar-refractivity contribution in [2.24, 2.45) is 0 Å². The Bertz CT molecular complexity index is 761. The molecular formula is C17H20ClN3O3. The summed E-state index contributed by atoms with van der Waals surface area (Å²) in [5.74, 6) is 0.179. The molecule has 0 saturated heterocycles. The van der Waals surface area contributed by atoms with E-state index in [1.165, 1.54) is 17.0 Å². The van der Waals surface area contributed by atoms with Gasteiger partial charge in [0.25, 0.3) is 11.5 Å². The molecule has 24 heavy (non-hydrogen) atoms. The Balaban J connectivity index is 1.84. The lowest BCUT2D eigenvalue weighted by Crippen LogP contribution is -2.39. The van der Waals surface area contributed by atoms with Crippen LogP contribution in [0.15, 0.2) is 41.5 Å². The maximum Gasteiger partial charge on any atom is 0.260 e. The molecule has 0 spiro atoms. The van der Waals surface area contributed by atoms with Crippen LogP contribution in [0.3, 0.4) is 0 Å². The first-order valence-electron chi connectivity index (χ1n) is 7.75. The molecule has 0 aliphatic heterocycles. The third kappa shape index (κ3) is 4.83. The molecule has 0 radical (unpaired) electrons. The molecule has 1 unspecified atom stereocenters. The van der Waals surface area contributed by atoms with Gasteiger partial charge in [-0.15, -0.1) is 0 Å². The molecule has 7 heteroatoms. The molecule has 1 amide bonds. The topological polar surface area (TPSA) is 73.2 Å². The number of para-hydroxylation sites is 1. The number of nitrogens with one attached hydrogen (secondary N) is 1. The molecule has 0 saturated carbocycles. The van der Waals surface area contributed by atoms with Gasteiger partial charge in [0.1, 0.15) is 5.75 Å². The van der Waals surface area contributed by atoms with E-state index in [1.54, 1.807) is 31.2 Å². The average molecular weight is 350 g/mol. The molecule has 0 bridgehead atoms. The summed E-state index contributed by atoms with van der Waals surface area (Å²) in [5, 5.41) is 3.18. The molecule has 0 aliphatic rings. The molecule has 1 aromatic carbocycles. The number of rotatable bonds is 7. The Hall–Kier alpha value is -2.34. The highest BCUT2D eigenvalue weighted by atomic mass is 35.5. The monoisotopic (exact) mass is 349 g/mol. The van der Waals surface area contributed by atoms with Crippen LogP contribution in [-0.4, -0.2) is 28.1 Å². The highest BCUT2D eigenvalue weighted by molar-refractivity contribution is 6.32. The number of amides is 1. The highest BCUT2D eigenvalue weighted by Crippen LogP contribution is 2.24. The van der Waals surface area contributed by atoms with Gasteiger partial charge < -0.3 is 10.1 Å². The number of carbonyl (C=O) groups excluding carboxylic acids is 1. The summed E-state index contributed by atoms with van der Waals surface area (Å²) >= 11 is 6.00. The smallest absolute Gasteiger partial charge is 0.260 e. The molecule has 6 nitrogen and oxygen atoms in total. The maximum absolute atomic E-state index is 12.1. The lowest BCUT2D eigenvalue weighted by molar-refractivity contribution is -0.127. The number of halogens is 1. The van der Waals surface area contributed by atoms with Crippen LogP contribution < -0.4 is 15.6 Å². The number of hydrogen-bond acceptors (Lipinski definition) is 4. The minimum absolute atomic E-state index is 0.128. The SMILES string of the molecule is CCc1cc(=O)n(CCNC(=O)C(C)Oc2ccccc2Cl)cn1. The van der Waals surface area contributed by atoms with Gasteiger partial charge in [0.15, 0.2) is 6.10 Å². The van der Waals surface area contributed by atoms with Crippen LogP contribution in [0, 0.1) is 0 Å². The van der Waals surface area contributed by atoms with Gasteiger partial charge in [-0.3, -0.25) is 14.2 Å². The largest absolute Gasteiger partial charge is 0.479 e. The van der Waals surface area contributed by atoms with Crippen LogP contribution in [0.4, 0.5) is 0 Å². The Morgan fingerprint density at radius 3 is 2.83 bits per heavy atom. The van der Waals surface area contributed by atoms with Crippen LogP contribution in [0.1, 0.15) is 19.5 Å². The van der Waals surface area contributed by atoms with Crippen molar-refractivity contribution >= 4 is 17.5 Å². The highest BCUT2D eigenvalue weighted by Gasteiger charge is 2.15. The molecule has 2 aromatic rings. The number of carbonyl (C=O) groups is 1. The molecule has 1 heterocycles. The van der Waals surface area contributed by atoms with Crippen molar-refractivity contribution in [2.75, 3.05) is 6.54 Å². The molecule has 0 fully saturated rings. The zero-order chi connectivity index (χ0) is 17.5. The van der Waals surface area contributed by atoms with Gasteiger partial charge in [0.2, 0.25) is 0 Å². The van der Waals surface area contributed by atoms with Crippen molar-refractivity contribution in [3.63, 3.8) is 0 Å². The Morgan fingerprint density at radius 1 is 1.42 bits per heavy atom. The zero-order valence-corrected chi connectivity index (χ0v) is 14.4. The van der Waals surface area contributed by atoms with E-state index in [2.05, 4.69) is 10.3 Å². The van der Waals surface area contributed by atoms with Gasteiger partial charge in [0.05, 0.1) is 11.3 Å². The number of nitrogens with zero attached hydrogens (tertiary/aromatic N) is 2. The van der Waals surface area contributed by atoms with Crippen molar-refractivity contribution in [3.05, 3.63) is 57.7 Å². The lowest BCUT2D eigenvalue weighted by atomic mass is 10.3. The summed E-state index contributed by atoms with van der Waals surface area (Å²) in [4.78, 5) is 28.1. The van der Waals surface area contributed by atoms with Crippen LogP contribution >= 0.6 is 11.6 Å². The third-order valence-corrected chi connectivity index (χ3v) is 3.77. The van der Waals surface area contributed by atoms with Crippen molar-refractivity contribution in [1.29, 1.82) is 0 Å². The van der Waals surface area contributed by atoms with E-state index in [4.69, 9.17) is 16.3 Å². The van der Waals surface area contributed by atoms with Crippen LogP contribution in [0.5, 0.6) is 5.75 Å². The van der Waals surface area contributed by atoms with E-state index in [-0.39, 0.29) is 11.5 Å². The van der Waals surface area contributed by atoms with Crippen LogP contribution in [-0.2, 0) is 17.8 Å². The van der Waals surface area contributed by atoms with Gasteiger partial charge in [-0.25, -0.2) is 4.98 Å². The molecular weight excluding hydrogens is 330 g/mol. The number of hydrogen-bond donors (Lipinski definition) is 1. The van der Waals surface area contributed by atoms with Crippen LogP contribution in [0.25, 0.3) is 0 Å². The van der Waals surface area contributed by atoms with Crippen molar-refractivity contribution in [2.45, 2.75) is 32.9 Å². The molecule has 128 valence electrons. The standard InChI is InChI=1S/C17H20ClN3O3/c1-3-13-10-16(22)21(11-20-13)9-8-19-17(23)12(2)24-15-7-5-4-6-14(15)18/h4-7,10-12H,3,8-9H2,1-2H3,(H,19,23). The van der Waals surface area contributed by atoms with E-state index >= 15 is 0 Å². The molecule has 1 aromatic heterocycles. The Kier molecular flexibility index (Phi) is 6.37. The van der Waals surface area contributed by atoms with Gasteiger partial charge in [0, 0.05) is 24.8 Å². The molecule has 0 aliphatic carbocycles. The normalized spacial score (nSPS) is 11.8. The second-order valence-corrected chi connectivity index (χ2v) is 5.65. The second-order valence-electron chi connectivity index (χ2n) is 5.25. The first-order chi connectivity index (χ1) is 11.5. The molecule has 2 rings (SSSR count). The second kappa shape index (κ2) is 8.49. The number of aryl methyl sites for hydroxylation is 1. The van der Waals surface area contributed by atoms with E-state index in [0.717, 1.165) is 5.69 Å². The van der Waals surface area contributed by atoms with E-state index in [9.17, 15) is 9.59 Å². The first-order valence-corrected chi connectivity index (χ1v) is 8.13. The predicted molar refractivity (Wildman–Crippen MR) is 92.4 cm³/mol. The van der Waals surface area contributed by atoms with Crippen molar-refractivity contribution < 1.29 is 9.53 Å². The summed E-state index contributed by atoms with van der Waals surface area (Å²) in [6.45, 7) is 4.23. The number of benzene rings is 1. The van der Waals surface area contributed by atoms with Crippen molar-refractivity contribution in [1.82, 2.24) is 14.9 Å². The quantitative estimate of drug-likeness (QED) is 0.830. The fourth-order valence-corrected chi connectivity index (χ4v) is 2.23. The van der Waals surface area contributed by atoms with Gasteiger partial charge in [-0.2, -0.15) is 0 Å². The van der Waals surface area contributed by atoms with E-state index in [1.807, 2.05) is 6.92 Å². The predicted octanol–water partition coefficient (Wildman–Crippen LogP) is 2.04. The summed E-state index contributed by atoms with van der Waals surface area (Å²) in [6.07, 6.45) is 1.52. The van der Waals surface area contributed by atoms with Gasteiger partial charge in [-0.05, 0) is 25.5 Å². The first kappa shape index (κ1) is 18.0. The minimum atomic E-state index is -0.692. The van der Waals surface area contributed by atoms with E-state index in [0.29, 0.717) is 30.3 Å². The Labute approximate surface area is 145 Å².